The highest BCUT2D eigenvalue weighted by Gasteiger charge is 2.18. The van der Waals surface area contributed by atoms with Gasteiger partial charge in [0.1, 0.15) is 0 Å². The number of benzene rings is 1. The van der Waals surface area contributed by atoms with Crippen LogP contribution in [0.15, 0.2) is 24.3 Å². The van der Waals surface area contributed by atoms with Gasteiger partial charge in [0, 0.05) is 23.7 Å². The molecule has 25 heavy (non-hydrogen) atoms. The Hall–Kier alpha value is -2.34. The van der Waals surface area contributed by atoms with Gasteiger partial charge in [0.15, 0.2) is 0 Å². The first-order chi connectivity index (χ1) is 11.9. The van der Waals surface area contributed by atoms with Crippen LogP contribution in [0.2, 0.25) is 5.02 Å². The molecule has 2 N–H and O–H groups in total. The van der Waals surface area contributed by atoms with Crippen LogP contribution in [0.5, 0.6) is 0 Å². The van der Waals surface area contributed by atoms with Crippen LogP contribution in [-0.2, 0) is 11.3 Å². The Labute approximate surface area is 151 Å². The van der Waals surface area contributed by atoms with E-state index in [9.17, 15) is 9.59 Å². The van der Waals surface area contributed by atoms with Crippen molar-refractivity contribution in [3.63, 3.8) is 0 Å². The van der Waals surface area contributed by atoms with Crippen LogP contribution < -0.4 is 5.32 Å². The van der Waals surface area contributed by atoms with Gasteiger partial charge in [-0.25, -0.2) is 0 Å². The van der Waals surface area contributed by atoms with Crippen LogP contribution in [-0.4, -0.2) is 33.3 Å². The molecule has 0 spiro atoms. The lowest BCUT2D eigenvalue weighted by Crippen LogP contribution is -2.25. The summed E-state index contributed by atoms with van der Waals surface area (Å²) in [4.78, 5) is 22.9. The molecule has 2 aromatic rings. The minimum atomic E-state index is -0.820. The Morgan fingerprint density at radius 3 is 2.64 bits per heavy atom. The number of nitrogens with one attached hydrogen (secondary N) is 1. The topological polar surface area (TPSA) is 84.2 Å². The van der Waals surface area contributed by atoms with Gasteiger partial charge in [-0.15, -0.1) is 0 Å². The summed E-state index contributed by atoms with van der Waals surface area (Å²) >= 11 is 6.19. The quantitative estimate of drug-likeness (QED) is 0.705. The number of hydrogen-bond acceptors (Lipinski definition) is 3. The third-order valence-corrected chi connectivity index (χ3v) is 4.36. The Morgan fingerprint density at radius 2 is 1.96 bits per heavy atom. The summed E-state index contributed by atoms with van der Waals surface area (Å²) in [5, 5.41) is 16.6. The lowest BCUT2D eigenvalue weighted by Gasteiger charge is -2.08. The fourth-order valence-corrected chi connectivity index (χ4v) is 2.85. The molecule has 0 aliphatic rings. The first-order valence-electron chi connectivity index (χ1n) is 8.17. The van der Waals surface area contributed by atoms with Gasteiger partial charge in [-0.1, -0.05) is 29.8 Å². The molecule has 6 nitrogen and oxygen atoms in total. The summed E-state index contributed by atoms with van der Waals surface area (Å²) in [6, 6.07) is 7.54. The van der Waals surface area contributed by atoms with E-state index in [1.165, 1.54) is 0 Å². The second-order valence-electron chi connectivity index (χ2n) is 5.90. The Balaban J connectivity index is 2.02. The van der Waals surface area contributed by atoms with E-state index in [-0.39, 0.29) is 12.3 Å². The van der Waals surface area contributed by atoms with Crippen LogP contribution in [0, 0.1) is 13.8 Å². The summed E-state index contributed by atoms with van der Waals surface area (Å²) in [7, 11) is 0. The number of halogens is 1. The third kappa shape index (κ3) is 5.06. The summed E-state index contributed by atoms with van der Waals surface area (Å²) in [5.41, 5.74) is 2.94. The number of aromatic nitrogens is 2. The molecule has 0 saturated heterocycles. The van der Waals surface area contributed by atoms with Crippen LogP contribution in [0.25, 0.3) is 0 Å². The van der Waals surface area contributed by atoms with Crippen molar-refractivity contribution >= 4 is 23.5 Å². The van der Waals surface area contributed by atoms with Crippen molar-refractivity contribution in [3.05, 3.63) is 51.8 Å². The van der Waals surface area contributed by atoms with Gasteiger partial charge >= 0.3 is 5.97 Å². The zero-order chi connectivity index (χ0) is 18.4. The van der Waals surface area contributed by atoms with Gasteiger partial charge < -0.3 is 10.4 Å². The van der Waals surface area contributed by atoms with Gasteiger partial charge in [0.05, 0.1) is 17.8 Å². The molecule has 0 bridgehead atoms. The van der Waals surface area contributed by atoms with E-state index in [1.54, 1.807) is 11.6 Å². The molecule has 0 radical (unpaired) electrons. The largest absolute Gasteiger partial charge is 0.481 e. The molecule has 1 aromatic carbocycles. The number of aryl methyl sites for hydroxylation is 1. The molecular formula is C18H22ClN3O3. The monoisotopic (exact) mass is 363 g/mol. The van der Waals surface area contributed by atoms with E-state index in [1.807, 2.05) is 31.2 Å². The molecule has 0 aliphatic heterocycles. The minimum absolute atomic E-state index is 0.115. The second kappa shape index (κ2) is 8.67. The standard InChI is InChI=1S/C18H22ClN3O3/c1-12-17(18(25)20-10-6-5-9-16(23)24)13(2)22(21-12)11-14-7-3-4-8-15(14)19/h3-4,7-8H,5-6,9-11H2,1-2H3,(H,20,25)(H,23,24). The number of amides is 1. The van der Waals surface area contributed by atoms with Gasteiger partial charge in [0.25, 0.3) is 5.91 Å². The number of carbonyl (C=O) groups excluding carboxylic acids is 1. The lowest BCUT2D eigenvalue weighted by atomic mass is 10.1. The average Bonchev–Trinajstić information content (AvgIpc) is 2.83. The molecule has 0 atom stereocenters. The highest BCUT2D eigenvalue weighted by Crippen LogP contribution is 2.19. The maximum Gasteiger partial charge on any atom is 0.303 e. The maximum atomic E-state index is 12.4. The highest BCUT2D eigenvalue weighted by atomic mass is 35.5. The Morgan fingerprint density at radius 1 is 1.24 bits per heavy atom. The van der Waals surface area contributed by atoms with Gasteiger partial charge in [-0.05, 0) is 38.3 Å². The van der Waals surface area contributed by atoms with E-state index in [0.717, 1.165) is 11.3 Å². The van der Waals surface area contributed by atoms with Crippen molar-refractivity contribution in [3.8, 4) is 0 Å². The van der Waals surface area contributed by atoms with Gasteiger partial charge in [-0.3, -0.25) is 14.3 Å². The lowest BCUT2D eigenvalue weighted by molar-refractivity contribution is -0.137. The molecule has 134 valence electrons. The second-order valence-corrected chi connectivity index (χ2v) is 6.31. The van der Waals surface area contributed by atoms with Crippen LogP contribution in [0.4, 0.5) is 0 Å². The Kier molecular flexibility index (Phi) is 6.58. The van der Waals surface area contributed by atoms with Crippen molar-refractivity contribution in [2.75, 3.05) is 6.54 Å². The van der Waals surface area contributed by atoms with E-state index in [0.29, 0.717) is 42.2 Å². The van der Waals surface area contributed by atoms with Gasteiger partial charge in [0.2, 0.25) is 0 Å². The van der Waals surface area contributed by atoms with Crippen LogP contribution in [0.3, 0.4) is 0 Å². The summed E-state index contributed by atoms with van der Waals surface area (Å²) in [6.45, 7) is 4.60. The fourth-order valence-electron chi connectivity index (χ4n) is 2.66. The normalized spacial score (nSPS) is 10.7. The SMILES string of the molecule is Cc1nn(Cc2ccccc2Cl)c(C)c1C(=O)NCCCCC(=O)O. The van der Waals surface area contributed by atoms with E-state index in [4.69, 9.17) is 16.7 Å². The predicted molar refractivity (Wildman–Crippen MR) is 96.1 cm³/mol. The number of unbranched alkanes of at least 4 members (excludes halogenated alkanes) is 1. The molecule has 0 unspecified atom stereocenters. The number of carboxylic acids is 1. The van der Waals surface area contributed by atoms with Crippen LogP contribution in [0.1, 0.15) is 46.6 Å². The first kappa shape index (κ1) is 19.0. The number of rotatable bonds is 8. The van der Waals surface area contributed by atoms with E-state index < -0.39 is 5.97 Å². The number of carboxylic acid groups (broad SMARTS) is 1. The number of nitrogens with zero attached hydrogens (tertiary/aromatic N) is 2. The van der Waals surface area contributed by atoms with E-state index >= 15 is 0 Å². The maximum absolute atomic E-state index is 12.4. The third-order valence-electron chi connectivity index (χ3n) is 3.99. The molecule has 2 rings (SSSR count). The molecule has 7 heteroatoms. The molecule has 0 saturated carbocycles. The molecule has 1 heterocycles. The van der Waals surface area contributed by atoms with Crippen molar-refractivity contribution in [1.29, 1.82) is 0 Å². The molecular weight excluding hydrogens is 342 g/mol. The summed E-state index contributed by atoms with van der Waals surface area (Å²) in [6.07, 6.45) is 1.28. The molecule has 1 aromatic heterocycles. The smallest absolute Gasteiger partial charge is 0.303 e. The molecule has 0 aliphatic carbocycles. The zero-order valence-electron chi connectivity index (χ0n) is 14.4. The van der Waals surface area contributed by atoms with Crippen molar-refractivity contribution < 1.29 is 14.7 Å². The van der Waals surface area contributed by atoms with Crippen molar-refractivity contribution in [2.24, 2.45) is 0 Å². The van der Waals surface area contributed by atoms with Gasteiger partial charge in [-0.2, -0.15) is 5.10 Å². The van der Waals surface area contributed by atoms with E-state index in [2.05, 4.69) is 10.4 Å². The molecule has 0 fully saturated rings. The highest BCUT2D eigenvalue weighted by molar-refractivity contribution is 6.31. The minimum Gasteiger partial charge on any atom is -0.481 e. The Bertz CT molecular complexity index is 771. The molecule has 1 amide bonds. The van der Waals surface area contributed by atoms with Crippen molar-refractivity contribution in [1.82, 2.24) is 15.1 Å². The predicted octanol–water partition coefficient (Wildman–Crippen LogP) is 3.19. The number of hydrogen-bond donors (Lipinski definition) is 2. The number of aliphatic carboxylic acids is 1. The number of carbonyl (C=O) groups is 2. The fraction of sp³-hybridized carbons (Fsp3) is 0.389. The average molecular weight is 364 g/mol. The summed E-state index contributed by atoms with van der Waals surface area (Å²) in [5.74, 6) is -1.01. The van der Waals surface area contributed by atoms with Crippen LogP contribution >= 0.6 is 11.6 Å². The van der Waals surface area contributed by atoms with Crippen molar-refractivity contribution in [2.45, 2.75) is 39.7 Å². The summed E-state index contributed by atoms with van der Waals surface area (Å²) < 4.78 is 1.77. The first-order valence-corrected chi connectivity index (χ1v) is 8.55. The zero-order valence-corrected chi connectivity index (χ0v) is 15.1.